The Bertz CT molecular complexity index is 490. The number of aryl methyl sites for hydroxylation is 1. The average molecular weight is 445 g/mol. The van der Waals surface area contributed by atoms with Crippen molar-refractivity contribution in [3.63, 3.8) is 0 Å². The van der Waals surface area contributed by atoms with Gasteiger partial charge in [0.2, 0.25) is 0 Å². The van der Waals surface area contributed by atoms with Crippen molar-refractivity contribution in [2.24, 2.45) is 10.9 Å². The van der Waals surface area contributed by atoms with Gasteiger partial charge in [0.1, 0.15) is 0 Å². The second kappa shape index (κ2) is 11.7. The van der Waals surface area contributed by atoms with Gasteiger partial charge in [0, 0.05) is 39.2 Å². The van der Waals surface area contributed by atoms with E-state index in [0.29, 0.717) is 5.92 Å². The van der Waals surface area contributed by atoms with Gasteiger partial charge in [-0.2, -0.15) is 0 Å². The molecule has 136 valence electrons. The summed E-state index contributed by atoms with van der Waals surface area (Å²) in [6.07, 6.45) is 3.32. The smallest absolute Gasteiger partial charge is 0.193 e. The van der Waals surface area contributed by atoms with Crippen LogP contribution in [-0.2, 0) is 17.6 Å². The third-order valence-electron chi connectivity index (χ3n) is 4.48. The van der Waals surface area contributed by atoms with E-state index in [0.717, 1.165) is 51.6 Å². The van der Waals surface area contributed by atoms with E-state index in [1.165, 1.54) is 17.5 Å². The minimum atomic E-state index is 0. The monoisotopic (exact) mass is 445 g/mol. The van der Waals surface area contributed by atoms with Crippen molar-refractivity contribution in [3.05, 3.63) is 35.4 Å². The molecule has 1 atom stereocenters. The van der Waals surface area contributed by atoms with Crippen LogP contribution in [0.3, 0.4) is 0 Å². The van der Waals surface area contributed by atoms with Crippen molar-refractivity contribution in [2.75, 3.05) is 39.9 Å². The summed E-state index contributed by atoms with van der Waals surface area (Å²) < 4.78 is 5.55. The van der Waals surface area contributed by atoms with Gasteiger partial charge in [-0.15, -0.1) is 24.0 Å². The number of nitrogens with one attached hydrogen (secondary N) is 1. The van der Waals surface area contributed by atoms with E-state index < -0.39 is 0 Å². The number of aliphatic imine (C=N–C) groups is 1. The highest BCUT2D eigenvalue weighted by Gasteiger charge is 2.24. The molecule has 0 aromatic heterocycles. The van der Waals surface area contributed by atoms with Crippen molar-refractivity contribution in [1.29, 1.82) is 0 Å². The van der Waals surface area contributed by atoms with Crippen LogP contribution < -0.4 is 5.32 Å². The van der Waals surface area contributed by atoms with Crippen LogP contribution in [0, 0.1) is 5.92 Å². The first-order valence-electron chi connectivity index (χ1n) is 8.88. The first-order chi connectivity index (χ1) is 11.3. The lowest BCUT2D eigenvalue weighted by atomic mass is 10.1. The fourth-order valence-corrected chi connectivity index (χ4v) is 3.04. The second-order valence-electron chi connectivity index (χ2n) is 6.15. The number of rotatable bonds is 7. The minimum absolute atomic E-state index is 0. The van der Waals surface area contributed by atoms with E-state index in [-0.39, 0.29) is 24.0 Å². The number of likely N-dealkylation sites (tertiary alicyclic amines) is 1. The molecule has 1 heterocycles. The zero-order chi connectivity index (χ0) is 16.5. The highest BCUT2D eigenvalue weighted by atomic mass is 127. The molecule has 5 heteroatoms. The van der Waals surface area contributed by atoms with Gasteiger partial charge in [-0.1, -0.05) is 31.2 Å². The quantitative estimate of drug-likeness (QED) is 0.398. The van der Waals surface area contributed by atoms with Crippen molar-refractivity contribution >= 4 is 29.9 Å². The zero-order valence-corrected chi connectivity index (χ0v) is 17.6. The van der Waals surface area contributed by atoms with Gasteiger partial charge in [-0.05, 0) is 37.3 Å². The van der Waals surface area contributed by atoms with Gasteiger partial charge in [-0.25, -0.2) is 0 Å². The SMILES string of the molecule is CCOCC1CCN(C(=NC)NCCc2ccc(CC)cc2)C1.I. The van der Waals surface area contributed by atoms with Crippen molar-refractivity contribution in [2.45, 2.75) is 33.1 Å². The maximum atomic E-state index is 5.55. The molecule has 1 N–H and O–H groups in total. The maximum Gasteiger partial charge on any atom is 0.193 e. The highest BCUT2D eigenvalue weighted by molar-refractivity contribution is 14.0. The van der Waals surface area contributed by atoms with Crippen LogP contribution >= 0.6 is 24.0 Å². The highest BCUT2D eigenvalue weighted by Crippen LogP contribution is 2.16. The van der Waals surface area contributed by atoms with Gasteiger partial charge in [-0.3, -0.25) is 4.99 Å². The molecular weight excluding hydrogens is 413 g/mol. The van der Waals surface area contributed by atoms with Gasteiger partial charge in [0.25, 0.3) is 0 Å². The van der Waals surface area contributed by atoms with Crippen LogP contribution in [0.4, 0.5) is 0 Å². The first-order valence-corrected chi connectivity index (χ1v) is 8.88. The van der Waals surface area contributed by atoms with E-state index in [1.807, 2.05) is 7.05 Å². The molecule has 1 saturated heterocycles. The molecule has 0 spiro atoms. The lowest BCUT2D eigenvalue weighted by molar-refractivity contribution is 0.114. The number of ether oxygens (including phenoxy) is 1. The van der Waals surface area contributed by atoms with E-state index in [2.05, 4.69) is 53.3 Å². The summed E-state index contributed by atoms with van der Waals surface area (Å²) in [4.78, 5) is 6.79. The molecule has 1 aromatic rings. The Kier molecular flexibility index (Phi) is 10.3. The fourth-order valence-electron chi connectivity index (χ4n) is 3.04. The third kappa shape index (κ3) is 6.59. The molecular formula is C19H32IN3O. The van der Waals surface area contributed by atoms with Gasteiger partial charge < -0.3 is 15.0 Å². The normalized spacial score (nSPS) is 17.7. The molecule has 24 heavy (non-hydrogen) atoms. The molecule has 0 radical (unpaired) electrons. The minimum Gasteiger partial charge on any atom is -0.381 e. The molecule has 1 fully saturated rings. The van der Waals surface area contributed by atoms with Crippen molar-refractivity contribution in [3.8, 4) is 0 Å². The van der Waals surface area contributed by atoms with Crippen molar-refractivity contribution in [1.82, 2.24) is 10.2 Å². The molecule has 1 unspecified atom stereocenters. The Balaban J connectivity index is 0.00000288. The summed E-state index contributed by atoms with van der Waals surface area (Å²) in [6, 6.07) is 8.92. The number of nitrogens with zero attached hydrogens (tertiary/aromatic N) is 2. The summed E-state index contributed by atoms with van der Waals surface area (Å²) in [6.45, 7) is 8.96. The van der Waals surface area contributed by atoms with Crippen LogP contribution in [0.2, 0.25) is 0 Å². The number of hydrogen-bond acceptors (Lipinski definition) is 2. The Labute approximate surface area is 164 Å². The number of hydrogen-bond donors (Lipinski definition) is 1. The molecule has 0 bridgehead atoms. The molecule has 0 aliphatic carbocycles. The van der Waals surface area contributed by atoms with Crippen molar-refractivity contribution < 1.29 is 4.74 Å². The number of halogens is 1. The largest absolute Gasteiger partial charge is 0.381 e. The summed E-state index contributed by atoms with van der Waals surface area (Å²) in [5.41, 5.74) is 2.77. The topological polar surface area (TPSA) is 36.9 Å². The number of guanidine groups is 1. The van der Waals surface area contributed by atoms with Crippen LogP contribution in [0.15, 0.2) is 29.3 Å². The molecule has 2 rings (SSSR count). The fraction of sp³-hybridized carbons (Fsp3) is 0.632. The van der Waals surface area contributed by atoms with Crippen LogP contribution in [0.25, 0.3) is 0 Å². The Hall–Kier alpha value is -0.820. The Morgan fingerprint density at radius 2 is 1.96 bits per heavy atom. The number of benzene rings is 1. The van der Waals surface area contributed by atoms with Gasteiger partial charge in [0.15, 0.2) is 5.96 Å². The van der Waals surface area contributed by atoms with E-state index >= 15 is 0 Å². The molecule has 0 amide bonds. The van der Waals surface area contributed by atoms with Crippen LogP contribution in [0.5, 0.6) is 0 Å². The van der Waals surface area contributed by atoms with Gasteiger partial charge >= 0.3 is 0 Å². The third-order valence-corrected chi connectivity index (χ3v) is 4.48. The van der Waals surface area contributed by atoms with Crippen LogP contribution in [-0.4, -0.2) is 50.8 Å². The molecule has 4 nitrogen and oxygen atoms in total. The predicted molar refractivity (Wildman–Crippen MR) is 112 cm³/mol. The molecule has 1 aliphatic rings. The van der Waals surface area contributed by atoms with E-state index in [9.17, 15) is 0 Å². The summed E-state index contributed by atoms with van der Waals surface area (Å²) >= 11 is 0. The van der Waals surface area contributed by atoms with Gasteiger partial charge in [0.05, 0.1) is 6.61 Å². The standard InChI is InChI=1S/C19H31N3O.HI/c1-4-16-6-8-17(9-7-16)10-12-21-19(20-3)22-13-11-18(14-22)15-23-5-2;/h6-9,18H,4-5,10-15H2,1-3H3,(H,20,21);1H. The van der Waals surface area contributed by atoms with E-state index in [4.69, 9.17) is 4.74 Å². The molecule has 1 aromatic carbocycles. The zero-order valence-electron chi connectivity index (χ0n) is 15.3. The molecule has 0 saturated carbocycles. The Morgan fingerprint density at radius 3 is 2.58 bits per heavy atom. The predicted octanol–water partition coefficient (Wildman–Crippen LogP) is 3.34. The summed E-state index contributed by atoms with van der Waals surface area (Å²) in [5, 5.41) is 3.50. The lowest BCUT2D eigenvalue weighted by Crippen LogP contribution is -2.41. The van der Waals surface area contributed by atoms with Crippen LogP contribution in [0.1, 0.15) is 31.4 Å². The summed E-state index contributed by atoms with van der Waals surface area (Å²) in [5.74, 6) is 1.66. The maximum absolute atomic E-state index is 5.55. The Morgan fingerprint density at radius 1 is 1.25 bits per heavy atom. The lowest BCUT2D eigenvalue weighted by Gasteiger charge is -2.21. The first kappa shape index (κ1) is 21.2. The summed E-state index contributed by atoms with van der Waals surface area (Å²) in [7, 11) is 1.87. The average Bonchev–Trinajstić information content (AvgIpc) is 3.06. The second-order valence-corrected chi connectivity index (χ2v) is 6.15. The van der Waals surface area contributed by atoms with E-state index in [1.54, 1.807) is 0 Å². The molecule has 1 aliphatic heterocycles.